The van der Waals surface area contributed by atoms with Crippen LogP contribution in [0.3, 0.4) is 0 Å². The van der Waals surface area contributed by atoms with Gasteiger partial charge in [-0.15, -0.1) is 11.3 Å². The predicted octanol–water partition coefficient (Wildman–Crippen LogP) is 4.05. The lowest BCUT2D eigenvalue weighted by Gasteiger charge is -2.35. The molecule has 21 heavy (non-hydrogen) atoms. The van der Waals surface area contributed by atoms with Gasteiger partial charge in [-0.25, -0.2) is 4.98 Å². The van der Waals surface area contributed by atoms with Gasteiger partial charge in [0, 0.05) is 34.9 Å². The van der Waals surface area contributed by atoms with Crippen LogP contribution in [-0.2, 0) is 6.42 Å². The number of fused-ring (bicyclic) bond motifs is 5. The smallest absolute Gasteiger partial charge is 0.0967 e. The van der Waals surface area contributed by atoms with Crippen molar-refractivity contribution in [1.29, 1.82) is 0 Å². The van der Waals surface area contributed by atoms with E-state index in [1.165, 1.54) is 52.4 Å². The molecular formula is C18H20N2S. The fourth-order valence-electron chi connectivity index (χ4n) is 4.57. The van der Waals surface area contributed by atoms with Crippen molar-refractivity contribution in [3.05, 3.63) is 39.7 Å². The SMILES string of the molecule is CN1C2CCC1CC(c1nc3c(s1)Cc1ccccc1-3)C2. The average molecular weight is 296 g/mol. The van der Waals surface area contributed by atoms with Crippen LogP contribution in [0.5, 0.6) is 0 Å². The Bertz CT molecular complexity index is 691. The lowest BCUT2D eigenvalue weighted by atomic mass is 9.91. The summed E-state index contributed by atoms with van der Waals surface area (Å²) in [5.41, 5.74) is 4.13. The first-order valence-electron chi connectivity index (χ1n) is 8.09. The fraction of sp³-hybridized carbons (Fsp3) is 0.500. The number of piperidine rings is 1. The Hall–Kier alpha value is -1.19. The fourth-order valence-corrected chi connectivity index (χ4v) is 5.79. The van der Waals surface area contributed by atoms with Crippen LogP contribution >= 0.6 is 11.3 Å². The molecule has 3 heteroatoms. The molecule has 2 aliphatic heterocycles. The minimum atomic E-state index is 0.710. The van der Waals surface area contributed by atoms with Crippen LogP contribution in [0.2, 0.25) is 0 Å². The highest BCUT2D eigenvalue weighted by molar-refractivity contribution is 7.12. The number of hydrogen-bond donors (Lipinski definition) is 0. The summed E-state index contributed by atoms with van der Waals surface area (Å²) >= 11 is 1.99. The molecule has 0 saturated carbocycles. The molecule has 2 aromatic rings. The first kappa shape index (κ1) is 12.4. The predicted molar refractivity (Wildman–Crippen MR) is 86.9 cm³/mol. The Kier molecular flexibility index (Phi) is 2.59. The Labute approximate surface area is 129 Å². The van der Waals surface area contributed by atoms with E-state index in [0.29, 0.717) is 5.92 Å². The van der Waals surface area contributed by atoms with E-state index < -0.39 is 0 Å². The second-order valence-corrected chi connectivity index (χ2v) is 7.99. The molecule has 2 unspecified atom stereocenters. The number of aromatic nitrogens is 1. The molecule has 2 fully saturated rings. The van der Waals surface area contributed by atoms with E-state index >= 15 is 0 Å². The molecule has 5 rings (SSSR count). The molecule has 1 aromatic carbocycles. The highest BCUT2D eigenvalue weighted by atomic mass is 32.1. The minimum absolute atomic E-state index is 0.710. The number of thiazole rings is 1. The molecule has 3 aliphatic rings. The molecule has 1 aromatic heterocycles. The maximum atomic E-state index is 5.08. The zero-order chi connectivity index (χ0) is 14.0. The summed E-state index contributed by atoms with van der Waals surface area (Å²) < 4.78 is 0. The van der Waals surface area contributed by atoms with Crippen molar-refractivity contribution in [1.82, 2.24) is 9.88 Å². The topological polar surface area (TPSA) is 16.1 Å². The van der Waals surface area contributed by atoms with Crippen molar-refractivity contribution < 1.29 is 0 Å². The molecule has 0 amide bonds. The molecular weight excluding hydrogens is 276 g/mol. The Balaban J connectivity index is 1.49. The van der Waals surface area contributed by atoms with Gasteiger partial charge in [-0.05, 0) is 38.3 Å². The Morgan fingerprint density at radius 1 is 1.14 bits per heavy atom. The molecule has 0 N–H and O–H groups in total. The molecule has 0 radical (unpaired) electrons. The van der Waals surface area contributed by atoms with Gasteiger partial charge in [0.05, 0.1) is 10.7 Å². The highest BCUT2D eigenvalue weighted by Crippen LogP contribution is 2.46. The lowest BCUT2D eigenvalue weighted by Crippen LogP contribution is -2.39. The van der Waals surface area contributed by atoms with E-state index in [1.54, 1.807) is 0 Å². The van der Waals surface area contributed by atoms with E-state index in [-0.39, 0.29) is 0 Å². The van der Waals surface area contributed by atoms with Gasteiger partial charge in [-0.1, -0.05) is 24.3 Å². The standard InChI is InChI=1S/C18H20N2S/c1-20-13-6-7-14(20)9-12(8-13)18-19-17-15-5-3-2-4-11(15)10-16(17)21-18/h2-5,12-14H,6-10H2,1H3. The quantitative estimate of drug-likeness (QED) is 0.673. The summed E-state index contributed by atoms with van der Waals surface area (Å²) in [4.78, 5) is 9.19. The van der Waals surface area contributed by atoms with Gasteiger partial charge < -0.3 is 4.90 Å². The average Bonchev–Trinajstić information content (AvgIpc) is 3.08. The van der Waals surface area contributed by atoms with Gasteiger partial charge in [0.1, 0.15) is 0 Å². The van der Waals surface area contributed by atoms with Crippen LogP contribution < -0.4 is 0 Å². The summed E-state index contributed by atoms with van der Waals surface area (Å²) in [7, 11) is 2.32. The van der Waals surface area contributed by atoms with Crippen LogP contribution in [-0.4, -0.2) is 29.0 Å². The zero-order valence-electron chi connectivity index (χ0n) is 12.4. The monoisotopic (exact) mass is 296 g/mol. The summed E-state index contributed by atoms with van der Waals surface area (Å²) in [6.07, 6.45) is 6.53. The van der Waals surface area contributed by atoms with Gasteiger partial charge in [0.15, 0.2) is 0 Å². The molecule has 2 bridgehead atoms. The summed E-state index contributed by atoms with van der Waals surface area (Å²) in [5, 5.41) is 1.42. The van der Waals surface area contributed by atoms with E-state index in [9.17, 15) is 0 Å². The molecule has 2 atom stereocenters. The van der Waals surface area contributed by atoms with Crippen LogP contribution in [0.15, 0.2) is 24.3 Å². The molecule has 0 spiro atoms. The summed E-state index contributed by atoms with van der Waals surface area (Å²) in [6.45, 7) is 0. The molecule has 1 aliphatic carbocycles. The van der Waals surface area contributed by atoms with Crippen molar-refractivity contribution in [2.24, 2.45) is 0 Å². The third-order valence-corrected chi connectivity index (χ3v) is 7.00. The van der Waals surface area contributed by atoms with Gasteiger partial charge in [0.25, 0.3) is 0 Å². The maximum Gasteiger partial charge on any atom is 0.0967 e. The van der Waals surface area contributed by atoms with Crippen LogP contribution in [0, 0.1) is 0 Å². The van der Waals surface area contributed by atoms with Gasteiger partial charge >= 0.3 is 0 Å². The molecule has 2 saturated heterocycles. The number of benzene rings is 1. The van der Waals surface area contributed by atoms with Crippen molar-refractivity contribution in [3.63, 3.8) is 0 Å². The van der Waals surface area contributed by atoms with Crippen LogP contribution in [0.1, 0.15) is 47.0 Å². The second kappa shape index (κ2) is 4.40. The van der Waals surface area contributed by atoms with Crippen molar-refractivity contribution in [2.75, 3.05) is 7.05 Å². The first-order valence-corrected chi connectivity index (χ1v) is 8.91. The van der Waals surface area contributed by atoms with Crippen LogP contribution in [0.4, 0.5) is 0 Å². The lowest BCUT2D eigenvalue weighted by molar-refractivity contribution is 0.161. The van der Waals surface area contributed by atoms with E-state index in [0.717, 1.165) is 18.5 Å². The largest absolute Gasteiger partial charge is 0.300 e. The Morgan fingerprint density at radius 2 is 1.90 bits per heavy atom. The van der Waals surface area contributed by atoms with Gasteiger partial charge in [-0.2, -0.15) is 0 Å². The van der Waals surface area contributed by atoms with E-state index in [2.05, 4.69) is 36.2 Å². The van der Waals surface area contributed by atoms with Crippen molar-refractivity contribution in [3.8, 4) is 11.3 Å². The molecule has 108 valence electrons. The third-order valence-electron chi connectivity index (χ3n) is 5.78. The maximum absolute atomic E-state index is 5.08. The van der Waals surface area contributed by atoms with Gasteiger partial charge in [-0.3, -0.25) is 0 Å². The number of rotatable bonds is 1. The molecule has 3 heterocycles. The van der Waals surface area contributed by atoms with E-state index in [4.69, 9.17) is 4.98 Å². The zero-order valence-corrected chi connectivity index (χ0v) is 13.2. The van der Waals surface area contributed by atoms with Gasteiger partial charge in [0.2, 0.25) is 0 Å². The van der Waals surface area contributed by atoms with Crippen molar-refractivity contribution >= 4 is 11.3 Å². The summed E-state index contributed by atoms with van der Waals surface area (Å²) in [6, 6.07) is 10.4. The van der Waals surface area contributed by atoms with E-state index in [1.807, 2.05) is 11.3 Å². The second-order valence-electron chi connectivity index (χ2n) is 6.88. The minimum Gasteiger partial charge on any atom is -0.300 e. The summed E-state index contributed by atoms with van der Waals surface area (Å²) in [5.74, 6) is 0.710. The van der Waals surface area contributed by atoms with Crippen molar-refractivity contribution in [2.45, 2.75) is 50.1 Å². The third kappa shape index (κ3) is 1.77. The Morgan fingerprint density at radius 3 is 2.71 bits per heavy atom. The first-order chi connectivity index (χ1) is 10.3. The normalized spacial score (nSPS) is 30.4. The number of hydrogen-bond acceptors (Lipinski definition) is 3. The number of nitrogens with zero attached hydrogens (tertiary/aromatic N) is 2. The highest BCUT2D eigenvalue weighted by Gasteiger charge is 2.40. The van der Waals surface area contributed by atoms with Crippen LogP contribution in [0.25, 0.3) is 11.3 Å². The molecule has 2 nitrogen and oxygen atoms in total.